The van der Waals surface area contributed by atoms with Crippen molar-refractivity contribution in [3.05, 3.63) is 44.0 Å². The highest BCUT2D eigenvalue weighted by Crippen LogP contribution is 2.24. The Hall–Kier alpha value is -0.780. The van der Waals surface area contributed by atoms with Gasteiger partial charge in [-0.1, -0.05) is 11.6 Å². The molecule has 0 aliphatic heterocycles. The molecule has 2 heterocycles. The van der Waals surface area contributed by atoms with E-state index in [1.54, 1.807) is 6.07 Å². The van der Waals surface area contributed by atoms with E-state index >= 15 is 0 Å². The van der Waals surface area contributed by atoms with Crippen LogP contribution in [0.3, 0.4) is 0 Å². The van der Waals surface area contributed by atoms with Crippen LogP contribution < -0.4 is 0 Å². The molecule has 0 atom stereocenters. The summed E-state index contributed by atoms with van der Waals surface area (Å²) in [7, 11) is 0. The molecule has 15 heavy (non-hydrogen) atoms. The Morgan fingerprint density at radius 3 is 2.93 bits per heavy atom. The predicted molar refractivity (Wildman–Crippen MR) is 62.5 cm³/mol. The summed E-state index contributed by atoms with van der Waals surface area (Å²) in [5.41, 5.74) is 0.327. The Kier molecular flexibility index (Phi) is 3.14. The number of halogens is 2. The summed E-state index contributed by atoms with van der Waals surface area (Å²) < 4.78 is 0.879. The van der Waals surface area contributed by atoms with Gasteiger partial charge in [0, 0.05) is 16.0 Å². The highest BCUT2D eigenvalue weighted by molar-refractivity contribution is 9.10. The second kappa shape index (κ2) is 4.38. The fourth-order valence-electron chi connectivity index (χ4n) is 1.03. The van der Waals surface area contributed by atoms with Gasteiger partial charge in [0.25, 0.3) is 0 Å². The summed E-state index contributed by atoms with van der Waals surface area (Å²) in [6.45, 7) is 0. The molecule has 0 fully saturated rings. The first-order chi connectivity index (χ1) is 7.18. The van der Waals surface area contributed by atoms with Gasteiger partial charge in [0.15, 0.2) is 0 Å². The molecular formula is C9H4BrClN2OS. The number of rotatable bonds is 2. The lowest BCUT2D eigenvalue weighted by molar-refractivity contribution is 0.104. The van der Waals surface area contributed by atoms with Crippen LogP contribution in [0, 0.1) is 0 Å². The molecule has 0 aliphatic carbocycles. The van der Waals surface area contributed by atoms with Crippen molar-refractivity contribution < 1.29 is 4.79 Å². The highest BCUT2D eigenvalue weighted by atomic mass is 79.9. The fourth-order valence-corrected chi connectivity index (χ4v) is 2.59. The first-order valence-electron chi connectivity index (χ1n) is 3.92. The molecule has 0 aromatic carbocycles. The van der Waals surface area contributed by atoms with E-state index in [1.165, 1.54) is 23.9 Å². The average Bonchev–Trinajstić information content (AvgIpc) is 2.65. The van der Waals surface area contributed by atoms with E-state index in [4.69, 9.17) is 11.6 Å². The zero-order valence-electron chi connectivity index (χ0n) is 7.28. The van der Waals surface area contributed by atoms with Crippen LogP contribution in [-0.4, -0.2) is 15.8 Å². The van der Waals surface area contributed by atoms with Crippen LogP contribution in [0.5, 0.6) is 0 Å². The Labute approximate surface area is 103 Å². The number of hydrogen-bond donors (Lipinski definition) is 0. The van der Waals surface area contributed by atoms with Gasteiger partial charge in [-0.2, -0.15) is 0 Å². The molecule has 6 heteroatoms. The molecule has 0 spiro atoms. The van der Waals surface area contributed by atoms with E-state index in [9.17, 15) is 4.79 Å². The Morgan fingerprint density at radius 2 is 2.33 bits per heavy atom. The number of nitrogens with zero attached hydrogens (tertiary/aromatic N) is 2. The minimum atomic E-state index is -0.156. The maximum Gasteiger partial charge on any atom is 0.207 e. The monoisotopic (exact) mass is 302 g/mol. The summed E-state index contributed by atoms with van der Waals surface area (Å²) in [4.78, 5) is 20.0. The molecule has 0 saturated heterocycles. The lowest BCUT2D eigenvalue weighted by atomic mass is 10.2. The van der Waals surface area contributed by atoms with E-state index in [0.29, 0.717) is 10.4 Å². The van der Waals surface area contributed by atoms with Crippen LogP contribution >= 0.6 is 38.9 Å². The van der Waals surface area contributed by atoms with E-state index in [-0.39, 0.29) is 10.9 Å². The van der Waals surface area contributed by atoms with Gasteiger partial charge >= 0.3 is 0 Å². The van der Waals surface area contributed by atoms with Crippen LogP contribution in [0.4, 0.5) is 0 Å². The van der Waals surface area contributed by atoms with Crippen LogP contribution in [-0.2, 0) is 0 Å². The van der Waals surface area contributed by atoms with Gasteiger partial charge in [0.1, 0.15) is 11.5 Å². The standard InChI is InChI=1S/C9H4BrClN2OS/c10-5-1-7(15-3-5)8(14)6-2-12-4-13-9(6)11/h1-4H. The van der Waals surface area contributed by atoms with Crippen molar-refractivity contribution in [2.24, 2.45) is 0 Å². The number of thiophene rings is 1. The van der Waals surface area contributed by atoms with Gasteiger partial charge in [-0.3, -0.25) is 4.79 Å². The van der Waals surface area contributed by atoms with E-state index in [1.807, 2.05) is 5.38 Å². The SMILES string of the molecule is O=C(c1cc(Br)cs1)c1cncnc1Cl. The largest absolute Gasteiger partial charge is 0.288 e. The second-order valence-corrected chi connectivity index (χ2v) is 4.87. The molecule has 0 unspecified atom stereocenters. The van der Waals surface area contributed by atoms with Crippen molar-refractivity contribution in [3.63, 3.8) is 0 Å². The molecule has 0 N–H and O–H groups in total. The van der Waals surface area contributed by atoms with Crippen molar-refractivity contribution >= 4 is 44.7 Å². The van der Waals surface area contributed by atoms with Crippen LogP contribution in [0.2, 0.25) is 5.15 Å². The maximum absolute atomic E-state index is 11.9. The van der Waals surface area contributed by atoms with Gasteiger partial charge in [0.05, 0.1) is 10.4 Å². The molecule has 76 valence electrons. The summed E-state index contributed by atoms with van der Waals surface area (Å²) in [5.74, 6) is -0.156. The highest BCUT2D eigenvalue weighted by Gasteiger charge is 2.15. The quantitative estimate of drug-likeness (QED) is 0.632. The minimum Gasteiger partial charge on any atom is -0.288 e. The van der Waals surface area contributed by atoms with Crippen LogP contribution in [0.25, 0.3) is 0 Å². The van der Waals surface area contributed by atoms with Gasteiger partial charge in [0.2, 0.25) is 5.78 Å². The van der Waals surface area contributed by atoms with Crippen LogP contribution in [0.15, 0.2) is 28.4 Å². The predicted octanol–water partition coefficient (Wildman–Crippen LogP) is 3.19. The lowest BCUT2D eigenvalue weighted by Crippen LogP contribution is -2.01. The fraction of sp³-hybridized carbons (Fsp3) is 0. The molecule has 2 aromatic rings. The molecule has 2 aromatic heterocycles. The van der Waals surface area contributed by atoms with E-state index in [0.717, 1.165) is 4.47 Å². The topological polar surface area (TPSA) is 42.9 Å². The van der Waals surface area contributed by atoms with Crippen molar-refractivity contribution in [2.45, 2.75) is 0 Å². The van der Waals surface area contributed by atoms with Crippen molar-refractivity contribution in [1.82, 2.24) is 9.97 Å². The molecule has 0 radical (unpaired) electrons. The first kappa shape index (κ1) is 10.7. The average molecular weight is 304 g/mol. The third kappa shape index (κ3) is 2.25. The lowest BCUT2D eigenvalue weighted by Gasteiger charge is -1.98. The molecule has 0 amide bonds. The van der Waals surface area contributed by atoms with Gasteiger partial charge < -0.3 is 0 Å². The van der Waals surface area contributed by atoms with Gasteiger partial charge in [-0.15, -0.1) is 11.3 Å². The molecule has 3 nitrogen and oxygen atoms in total. The van der Waals surface area contributed by atoms with Gasteiger partial charge in [-0.25, -0.2) is 9.97 Å². The first-order valence-corrected chi connectivity index (χ1v) is 5.98. The number of carbonyl (C=O) groups excluding carboxylic acids is 1. The summed E-state index contributed by atoms with van der Waals surface area (Å²) in [6.07, 6.45) is 2.73. The summed E-state index contributed by atoms with van der Waals surface area (Å²) in [5, 5.41) is 2.02. The molecular weight excluding hydrogens is 300 g/mol. The Bertz CT molecular complexity index is 514. The summed E-state index contributed by atoms with van der Waals surface area (Å²) >= 11 is 10.4. The van der Waals surface area contributed by atoms with Crippen molar-refractivity contribution in [1.29, 1.82) is 0 Å². The number of aromatic nitrogens is 2. The molecule has 0 saturated carbocycles. The van der Waals surface area contributed by atoms with E-state index < -0.39 is 0 Å². The Morgan fingerprint density at radius 1 is 1.53 bits per heavy atom. The summed E-state index contributed by atoms with van der Waals surface area (Å²) in [6, 6.07) is 1.75. The van der Waals surface area contributed by atoms with Crippen LogP contribution in [0.1, 0.15) is 15.2 Å². The maximum atomic E-state index is 11.9. The minimum absolute atomic E-state index is 0.156. The third-order valence-electron chi connectivity index (χ3n) is 1.70. The number of hydrogen-bond acceptors (Lipinski definition) is 4. The molecule has 0 bridgehead atoms. The second-order valence-electron chi connectivity index (χ2n) is 2.69. The van der Waals surface area contributed by atoms with Crippen molar-refractivity contribution in [3.8, 4) is 0 Å². The van der Waals surface area contributed by atoms with E-state index in [2.05, 4.69) is 25.9 Å². The van der Waals surface area contributed by atoms with Gasteiger partial charge in [-0.05, 0) is 22.0 Å². The molecule has 2 rings (SSSR count). The number of ketones is 1. The third-order valence-corrected chi connectivity index (χ3v) is 3.69. The van der Waals surface area contributed by atoms with Crippen molar-refractivity contribution in [2.75, 3.05) is 0 Å². The zero-order valence-corrected chi connectivity index (χ0v) is 10.4. The zero-order chi connectivity index (χ0) is 10.8. The normalized spacial score (nSPS) is 10.3. The smallest absolute Gasteiger partial charge is 0.207 e. The molecule has 0 aliphatic rings. The number of carbonyl (C=O) groups is 1. The Balaban J connectivity index is 2.41.